The minimum Gasteiger partial charge on any atom is -0.469 e. The Morgan fingerprint density at radius 2 is 1.77 bits per heavy atom. The minimum absolute atomic E-state index is 0.0111. The van der Waals surface area contributed by atoms with Crippen molar-refractivity contribution in [3.63, 3.8) is 0 Å². The molecule has 0 spiro atoms. The molecule has 5 heteroatoms. The number of hydrogen-bond acceptors (Lipinski definition) is 5. The third-order valence-corrected chi connectivity index (χ3v) is 1.36. The predicted octanol–water partition coefficient (Wildman–Crippen LogP) is -0.129. The summed E-state index contributed by atoms with van der Waals surface area (Å²) in [7, 11) is 2.38. The minimum atomic E-state index is -0.765. The van der Waals surface area contributed by atoms with E-state index < -0.39 is 11.9 Å². The van der Waals surface area contributed by atoms with Crippen molar-refractivity contribution in [2.45, 2.75) is 12.8 Å². The van der Waals surface area contributed by atoms with E-state index in [2.05, 4.69) is 9.47 Å². The Labute approximate surface area is 75.3 Å². The first-order chi connectivity index (χ1) is 6.15. The molecule has 0 bridgehead atoms. The molecular formula is C8H10O5. The largest absolute Gasteiger partial charge is 0.469 e. The van der Waals surface area contributed by atoms with Gasteiger partial charge in [0.05, 0.1) is 20.6 Å². The molecule has 0 heterocycles. The van der Waals surface area contributed by atoms with Crippen LogP contribution < -0.4 is 0 Å². The highest BCUT2D eigenvalue weighted by Crippen LogP contribution is 2.03. The van der Waals surface area contributed by atoms with Gasteiger partial charge in [-0.05, 0) is 0 Å². The van der Waals surface area contributed by atoms with Crippen LogP contribution in [0.4, 0.5) is 0 Å². The molecule has 0 aliphatic heterocycles. The van der Waals surface area contributed by atoms with Crippen LogP contribution in [0, 0.1) is 0 Å². The molecule has 0 saturated carbocycles. The highest BCUT2D eigenvalue weighted by molar-refractivity contribution is 5.97. The van der Waals surface area contributed by atoms with Crippen LogP contribution in [0.25, 0.3) is 0 Å². The van der Waals surface area contributed by atoms with Gasteiger partial charge < -0.3 is 9.47 Å². The molecule has 5 nitrogen and oxygen atoms in total. The van der Waals surface area contributed by atoms with Gasteiger partial charge in [0.1, 0.15) is 11.5 Å². The number of carbonyl (C=O) groups excluding carboxylic acids is 3. The van der Waals surface area contributed by atoms with Gasteiger partial charge in [0.25, 0.3) is 0 Å². The third kappa shape index (κ3) is 4.08. The zero-order chi connectivity index (χ0) is 10.3. The lowest BCUT2D eigenvalue weighted by molar-refractivity contribution is -0.140. The standard InChI is InChI=1S/C8H10O5/c1-12-7(10)4-3-6(5-9)8(11)13-2/h3-4H2,1-2H3. The Morgan fingerprint density at radius 3 is 2.15 bits per heavy atom. The second kappa shape index (κ2) is 5.97. The summed E-state index contributed by atoms with van der Waals surface area (Å²) in [6, 6.07) is 0. The lowest BCUT2D eigenvalue weighted by Gasteiger charge is -1.99. The van der Waals surface area contributed by atoms with Gasteiger partial charge in [0.15, 0.2) is 0 Å². The summed E-state index contributed by atoms with van der Waals surface area (Å²) in [6.07, 6.45) is -0.0426. The maximum absolute atomic E-state index is 10.8. The van der Waals surface area contributed by atoms with Gasteiger partial charge in [-0.3, -0.25) is 4.79 Å². The zero-order valence-electron chi connectivity index (χ0n) is 7.46. The smallest absolute Gasteiger partial charge is 0.344 e. The van der Waals surface area contributed by atoms with Crippen LogP contribution in [-0.4, -0.2) is 32.1 Å². The van der Waals surface area contributed by atoms with E-state index in [0.717, 1.165) is 7.11 Å². The van der Waals surface area contributed by atoms with Gasteiger partial charge in [-0.1, -0.05) is 0 Å². The highest BCUT2D eigenvalue weighted by atomic mass is 16.5. The van der Waals surface area contributed by atoms with Crippen molar-refractivity contribution in [1.82, 2.24) is 0 Å². The van der Waals surface area contributed by atoms with E-state index in [0.29, 0.717) is 0 Å². The lowest BCUT2D eigenvalue weighted by Crippen LogP contribution is -2.08. The number of methoxy groups -OCH3 is 2. The number of hydrogen-bond donors (Lipinski definition) is 0. The number of carbonyl (C=O) groups is 2. The average Bonchev–Trinajstić information content (AvgIpc) is 2.17. The normalized spacial score (nSPS) is 8.46. The van der Waals surface area contributed by atoms with Gasteiger partial charge in [-0.2, -0.15) is 0 Å². The maximum Gasteiger partial charge on any atom is 0.344 e. The van der Waals surface area contributed by atoms with Crippen LogP contribution in [0.3, 0.4) is 0 Å². The summed E-state index contributed by atoms with van der Waals surface area (Å²) in [6.45, 7) is 0. The van der Waals surface area contributed by atoms with E-state index in [1.165, 1.54) is 13.1 Å². The molecular weight excluding hydrogens is 176 g/mol. The number of rotatable bonds is 4. The second-order valence-corrected chi connectivity index (χ2v) is 2.15. The quantitative estimate of drug-likeness (QED) is 0.347. The topological polar surface area (TPSA) is 69.7 Å². The molecule has 0 atom stereocenters. The number of esters is 2. The molecule has 0 aromatic rings. The van der Waals surface area contributed by atoms with Crippen molar-refractivity contribution in [2.75, 3.05) is 14.2 Å². The first-order valence-electron chi connectivity index (χ1n) is 3.54. The Balaban J connectivity index is 4.10. The Kier molecular flexibility index (Phi) is 5.23. The predicted molar refractivity (Wildman–Crippen MR) is 42.5 cm³/mol. The fraction of sp³-hybridized carbons (Fsp3) is 0.500. The third-order valence-electron chi connectivity index (χ3n) is 1.36. The molecule has 0 rings (SSSR count). The molecule has 0 aromatic heterocycles. The summed E-state index contributed by atoms with van der Waals surface area (Å²) >= 11 is 0. The van der Waals surface area contributed by atoms with E-state index >= 15 is 0 Å². The van der Waals surface area contributed by atoms with Gasteiger partial charge in [0, 0.05) is 6.42 Å². The SMILES string of the molecule is COC(=O)CCC(=C=O)C(=O)OC. The van der Waals surface area contributed by atoms with E-state index in [4.69, 9.17) is 0 Å². The summed E-state index contributed by atoms with van der Waals surface area (Å²) in [5, 5.41) is 0. The van der Waals surface area contributed by atoms with Crippen LogP contribution in [0.5, 0.6) is 0 Å². The number of ether oxygens (including phenoxy) is 2. The molecule has 0 aromatic carbocycles. The van der Waals surface area contributed by atoms with Gasteiger partial charge in [-0.15, -0.1) is 0 Å². The van der Waals surface area contributed by atoms with Gasteiger partial charge >= 0.3 is 11.9 Å². The van der Waals surface area contributed by atoms with Crippen LogP contribution in [0.15, 0.2) is 5.57 Å². The molecule has 0 amide bonds. The molecule has 13 heavy (non-hydrogen) atoms. The molecule has 0 aliphatic rings. The van der Waals surface area contributed by atoms with Crippen molar-refractivity contribution in [3.8, 4) is 0 Å². The second-order valence-electron chi connectivity index (χ2n) is 2.15. The van der Waals surface area contributed by atoms with Crippen LogP contribution in [-0.2, 0) is 23.9 Å². The first kappa shape index (κ1) is 11.4. The fourth-order valence-corrected chi connectivity index (χ4v) is 0.647. The van der Waals surface area contributed by atoms with Gasteiger partial charge in [-0.25, -0.2) is 9.59 Å². The maximum atomic E-state index is 10.8. The Morgan fingerprint density at radius 1 is 1.15 bits per heavy atom. The molecule has 0 aliphatic carbocycles. The average molecular weight is 186 g/mol. The van der Waals surface area contributed by atoms with Crippen molar-refractivity contribution in [3.05, 3.63) is 5.57 Å². The zero-order valence-corrected chi connectivity index (χ0v) is 7.46. The molecule has 0 fully saturated rings. The van der Waals surface area contributed by atoms with Crippen molar-refractivity contribution < 1.29 is 23.9 Å². The summed E-state index contributed by atoms with van der Waals surface area (Å²) in [4.78, 5) is 31.6. The van der Waals surface area contributed by atoms with Crippen molar-refractivity contribution in [2.24, 2.45) is 0 Å². The van der Waals surface area contributed by atoms with E-state index in [1.54, 1.807) is 0 Å². The van der Waals surface area contributed by atoms with Crippen molar-refractivity contribution in [1.29, 1.82) is 0 Å². The summed E-state index contributed by atoms with van der Waals surface area (Å²) < 4.78 is 8.60. The van der Waals surface area contributed by atoms with E-state index in [9.17, 15) is 14.4 Å². The monoisotopic (exact) mass is 186 g/mol. The van der Waals surface area contributed by atoms with Crippen LogP contribution >= 0.6 is 0 Å². The molecule has 72 valence electrons. The Hall–Kier alpha value is -1.61. The molecule has 0 saturated heterocycles. The molecule has 0 N–H and O–H groups in total. The van der Waals surface area contributed by atoms with Crippen LogP contribution in [0.2, 0.25) is 0 Å². The van der Waals surface area contributed by atoms with E-state index in [1.807, 2.05) is 0 Å². The van der Waals surface area contributed by atoms with Crippen molar-refractivity contribution >= 4 is 17.9 Å². The Bertz CT molecular complexity index is 249. The van der Waals surface area contributed by atoms with Crippen LogP contribution in [0.1, 0.15) is 12.8 Å². The van der Waals surface area contributed by atoms with E-state index in [-0.39, 0.29) is 18.4 Å². The molecule has 0 unspecified atom stereocenters. The summed E-state index contributed by atoms with van der Waals surface area (Å²) in [5.41, 5.74) is -0.187. The highest BCUT2D eigenvalue weighted by Gasteiger charge is 2.12. The first-order valence-corrected chi connectivity index (χ1v) is 3.54. The van der Waals surface area contributed by atoms with Gasteiger partial charge in [0.2, 0.25) is 0 Å². The molecule has 0 radical (unpaired) electrons. The fourth-order valence-electron chi connectivity index (χ4n) is 0.647. The lowest BCUT2D eigenvalue weighted by atomic mass is 10.1. The summed E-state index contributed by atoms with van der Waals surface area (Å²) in [5.74, 6) is 0.162.